The van der Waals surface area contributed by atoms with Crippen LogP contribution in [0.15, 0.2) is 22.7 Å². The molecule has 1 aliphatic rings. The standard InChI is InChI=1S/C14H16ClFN4O/c15-11-3-1-2-10(14(11)16)8-12-18-13(21-19-12)9-20-6-4-17-5-7-20/h1-3,17H,4-9H2. The van der Waals surface area contributed by atoms with Crippen LogP contribution in [0.3, 0.4) is 0 Å². The van der Waals surface area contributed by atoms with Gasteiger partial charge in [-0.25, -0.2) is 4.39 Å². The van der Waals surface area contributed by atoms with Crippen LogP contribution in [-0.4, -0.2) is 41.2 Å². The highest BCUT2D eigenvalue weighted by Crippen LogP contribution is 2.19. The van der Waals surface area contributed by atoms with Gasteiger partial charge in [0, 0.05) is 32.6 Å². The van der Waals surface area contributed by atoms with Gasteiger partial charge in [0.25, 0.3) is 0 Å². The van der Waals surface area contributed by atoms with Crippen LogP contribution in [0.1, 0.15) is 17.3 Å². The van der Waals surface area contributed by atoms with Crippen LogP contribution in [-0.2, 0) is 13.0 Å². The number of hydrogen-bond acceptors (Lipinski definition) is 5. The number of nitrogens with one attached hydrogen (secondary N) is 1. The Hall–Kier alpha value is -1.50. The third kappa shape index (κ3) is 3.58. The van der Waals surface area contributed by atoms with E-state index in [1.54, 1.807) is 12.1 Å². The van der Waals surface area contributed by atoms with Crippen molar-refractivity contribution in [2.45, 2.75) is 13.0 Å². The maximum atomic E-state index is 13.8. The smallest absolute Gasteiger partial charge is 0.240 e. The molecular weight excluding hydrogens is 295 g/mol. The summed E-state index contributed by atoms with van der Waals surface area (Å²) in [6, 6.07) is 4.91. The van der Waals surface area contributed by atoms with Gasteiger partial charge >= 0.3 is 0 Å². The molecular formula is C14H16ClFN4O. The Morgan fingerprint density at radius 1 is 1.33 bits per heavy atom. The van der Waals surface area contributed by atoms with Gasteiger partial charge in [-0.1, -0.05) is 28.9 Å². The van der Waals surface area contributed by atoms with Crippen molar-refractivity contribution in [1.82, 2.24) is 20.4 Å². The van der Waals surface area contributed by atoms with E-state index in [1.165, 1.54) is 6.07 Å². The molecule has 1 fully saturated rings. The third-order valence-electron chi connectivity index (χ3n) is 3.46. The number of rotatable bonds is 4. The Morgan fingerprint density at radius 3 is 2.95 bits per heavy atom. The predicted molar refractivity (Wildman–Crippen MR) is 76.7 cm³/mol. The largest absolute Gasteiger partial charge is 0.338 e. The number of halogens is 2. The summed E-state index contributed by atoms with van der Waals surface area (Å²) in [6.07, 6.45) is 0.275. The van der Waals surface area contributed by atoms with E-state index in [2.05, 4.69) is 20.4 Å². The highest BCUT2D eigenvalue weighted by Gasteiger charge is 2.15. The quantitative estimate of drug-likeness (QED) is 0.934. The van der Waals surface area contributed by atoms with Gasteiger partial charge in [0.05, 0.1) is 11.6 Å². The lowest BCUT2D eigenvalue weighted by Crippen LogP contribution is -2.42. The van der Waals surface area contributed by atoms with Gasteiger partial charge < -0.3 is 9.84 Å². The van der Waals surface area contributed by atoms with Gasteiger partial charge in [-0.3, -0.25) is 4.90 Å². The molecule has 3 rings (SSSR count). The lowest BCUT2D eigenvalue weighted by Gasteiger charge is -2.25. The van der Waals surface area contributed by atoms with Crippen LogP contribution in [0.2, 0.25) is 5.02 Å². The summed E-state index contributed by atoms with van der Waals surface area (Å²) in [5.74, 6) is 0.614. The molecule has 0 spiro atoms. The van der Waals surface area contributed by atoms with Gasteiger partial charge in [-0.2, -0.15) is 4.98 Å². The van der Waals surface area contributed by atoms with E-state index in [0.717, 1.165) is 26.2 Å². The van der Waals surface area contributed by atoms with E-state index in [-0.39, 0.29) is 11.4 Å². The van der Waals surface area contributed by atoms with Gasteiger partial charge in [0.15, 0.2) is 5.82 Å². The fourth-order valence-corrected chi connectivity index (χ4v) is 2.54. The van der Waals surface area contributed by atoms with Gasteiger partial charge in [0.2, 0.25) is 5.89 Å². The van der Waals surface area contributed by atoms with E-state index in [0.29, 0.717) is 23.8 Å². The van der Waals surface area contributed by atoms with Gasteiger partial charge in [-0.15, -0.1) is 0 Å². The number of nitrogens with zero attached hydrogens (tertiary/aromatic N) is 3. The highest BCUT2D eigenvalue weighted by atomic mass is 35.5. The van der Waals surface area contributed by atoms with Crippen LogP contribution < -0.4 is 5.32 Å². The van der Waals surface area contributed by atoms with Crippen molar-refractivity contribution in [3.05, 3.63) is 46.3 Å². The van der Waals surface area contributed by atoms with E-state index in [4.69, 9.17) is 16.1 Å². The fraction of sp³-hybridized carbons (Fsp3) is 0.429. The molecule has 0 aliphatic carbocycles. The molecule has 1 aromatic heterocycles. The summed E-state index contributed by atoms with van der Waals surface area (Å²) in [4.78, 5) is 6.56. The molecule has 21 heavy (non-hydrogen) atoms. The first-order valence-electron chi connectivity index (χ1n) is 6.90. The monoisotopic (exact) mass is 310 g/mol. The Labute approximate surface area is 127 Å². The molecule has 0 unspecified atom stereocenters. The Kier molecular flexibility index (Phi) is 4.48. The van der Waals surface area contributed by atoms with E-state index < -0.39 is 5.82 Å². The van der Waals surface area contributed by atoms with Gasteiger partial charge in [0.1, 0.15) is 5.82 Å². The first-order chi connectivity index (χ1) is 10.2. The zero-order chi connectivity index (χ0) is 14.7. The van der Waals surface area contributed by atoms with Crippen molar-refractivity contribution in [3.8, 4) is 0 Å². The lowest BCUT2D eigenvalue weighted by atomic mass is 10.1. The molecule has 7 heteroatoms. The van der Waals surface area contributed by atoms with Gasteiger partial charge in [-0.05, 0) is 11.6 Å². The van der Waals surface area contributed by atoms with Crippen LogP contribution in [0.4, 0.5) is 4.39 Å². The first kappa shape index (κ1) is 14.4. The van der Waals surface area contributed by atoms with Crippen molar-refractivity contribution < 1.29 is 8.91 Å². The zero-order valence-corrected chi connectivity index (χ0v) is 12.2. The van der Waals surface area contributed by atoms with E-state index >= 15 is 0 Å². The SMILES string of the molecule is Fc1c(Cl)cccc1Cc1noc(CN2CCNCC2)n1. The van der Waals surface area contributed by atoms with Crippen LogP contribution >= 0.6 is 11.6 Å². The molecule has 1 N–H and O–H groups in total. The van der Waals surface area contributed by atoms with Crippen LogP contribution in [0.25, 0.3) is 0 Å². The second kappa shape index (κ2) is 6.51. The van der Waals surface area contributed by atoms with Crippen LogP contribution in [0, 0.1) is 5.82 Å². The third-order valence-corrected chi connectivity index (χ3v) is 3.75. The minimum atomic E-state index is -0.423. The molecule has 0 amide bonds. The van der Waals surface area contributed by atoms with Crippen molar-refractivity contribution in [3.63, 3.8) is 0 Å². The van der Waals surface area contributed by atoms with Crippen molar-refractivity contribution in [2.75, 3.05) is 26.2 Å². The molecule has 0 saturated carbocycles. The van der Waals surface area contributed by atoms with Crippen molar-refractivity contribution in [2.24, 2.45) is 0 Å². The minimum absolute atomic E-state index is 0.108. The maximum absolute atomic E-state index is 13.8. The first-order valence-corrected chi connectivity index (χ1v) is 7.27. The molecule has 2 aromatic rings. The summed E-state index contributed by atoms with van der Waals surface area (Å²) in [6.45, 7) is 4.48. The summed E-state index contributed by atoms with van der Waals surface area (Å²) in [7, 11) is 0. The molecule has 0 bridgehead atoms. The number of piperazine rings is 1. The second-order valence-corrected chi connectivity index (χ2v) is 5.43. The van der Waals surface area contributed by atoms with E-state index in [9.17, 15) is 4.39 Å². The molecule has 2 heterocycles. The maximum Gasteiger partial charge on any atom is 0.240 e. The molecule has 112 valence electrons. The molecule has 1 aromatic carbocycles. The lowest BCUT2D eigenvalue weighted by molar-refractivity contribution is 0.203. The van der Waals surface area contributed by atoms with E-state index in [1.807, 2.05) is 0 Å². The molecule has 0 radical (unpaired) electrons. The zero-order valence-electron chi connectivity index (χ0n) is 11.5. The van der Waals surface area contributed by atoms with Crippen molar-refractivity contribution in [1.29, 1.82) is 0 Å². The summed E-state index contributed by atoms with van der Waals surface area (Å²) < 4.78 is 19.1. The average Bonchev–Trinajstić information content (AvgIpc) is 2.92. The molecule has 1 saturated heterocycles. The summed E-state index contributed by atoms with van der Waals surface area (Å²) in [5, 5.41) is 7.31. The average molecular weight is 311 g/mol. The molecule has 5 nitrogen and oxygen atoms in total. The Balaban J connectivity index is 1.66. The van der Waals surface area contributed by atoms with Crippen LogP contribution in [0.5, 0.6) is 0 Å². The Bertz CT molecular complexity index is 613. The number of aromatic nitrogens is 2. The summed E-state index contributed by atoms with van der Waals surface area (Å²) >= 11 is 5.76. The normalized spacial score (nSPS) is 16.3. The number of hydrogen-bond donors (Lipinski definition) is 1. The highest BCUT2D eigenvalue weighted by molar-refractivity contribution is 6.30. The molecule has 1 aliphatic heterocycles. The van der Waals surface area contributed by atoms with Crippen molar-refractivity contribution >= 4 is 11.6 Å². The fourth-order valence-electron chi connectivity index (χ4n) is 2.34. The Morgan fingerprint density at radius 2 is 2.14 bits per heavy atom. The topological polar surface area (TPSA) is 54.2 Å². The minimum Gasteiger partial charge on any atom is -0.338 e. The molecule has 0 atom stereocenters. The number of benzene rings is 1. The second-order valence-electron chi connectivity index (χ2n) is 5.02. The summed E-state index contributed by atoms with van der Waals surface area (Å²) in [5.41, 5.74) is 0.469. The predicted octanol–water partition coefficient (Wildman–Crippen LogP) is 1.86.